The predicted octanol–water partition coefficient (Wildman–Crippen LogP) is 2.65. The van der Waals surface area contributed by atoms with E-state index < -0.39 is 5.97 Å². The number of aromatic nitrogens is 3. The molecule has 1 unspecified atom stereocenters. The Morgan fingerprint density at radius 1 is 1.60 bits per heavy atom. The molecule has 0 aliphatic heterocycles. The third-order valence-electron chi connectivity index (χ3n) is 3.96. The largest absolute Gasteiger partial charge is 0.481 e. The highest BCUT2D eigenvalue weighted by molar-refractivity contribution is 7.99. The molecule has 1 aliphatic carbocycles. The van der Waals surface area contributed by atoms with E-state index in [0.717, 1.165) is 22.7 Å². The topological polar surface area (TPSA) is 68.0 Å². The Morgan fingerprint density at radius 2 is 2.35 bits per heavy atom. The predicted molar refractivity (Wildman–Crippen MR) is 77.8 cm³/mol. The van der Waals surface area contributed by atoms with Crippen LogP contribution in [0.1, 0.15) is 20.3 Å². The Balaban J connectivity index is 1.93. The van der Waals surface area contributed by atoms with Crippen molar-refractivity contribution in [3.63, 3.8) is 0 Å². The molecule has 5 nitrogen and oxygen atoms in total. The molecule has 1 N–H and O–H groups in total. The molecule has 0 saturated heterocycles. The van der Waals surface area contributed by atoms with E-state index in [1.807, 2.05) is 6.07 Å². The summed E-state index contributed by atoms with van der Waals surface area (Å²) in [4.78, 5) is 19.4. The maximum atomic E-state index is 10.8. The van der Waals surface area contributed by atoms with Gasteiger partial charge < -0.3 is 9.67 Å². The van der Waals surface area contributed by atoms with Crippen LogP contribution in [-0.4, -0.2) is 31.4 Å². The van der Waals surface area contributed by atoms with Crippen molar-refractivity contribution in [2.24, 2.45) is 11.3 Å². The maximum absolute atomic E-state index is 10.8. The van der Waals surface area contributed by atoms with E-state index in [-0.39, 0.29) is 5.75 Å². The number of pyridine rings is 1. The van der Waals surface area contributed by atoms with Crippen molar-refractivity contribution in [3.8, 4) is 0 Å². The summed E-state index contributed by atoms with van der Waals surface area (Å²) in [6.07, 6.45) is 4.69. The van der Waals surface area contributed by atoms with Crippen LogP contribution in [0.2, 0.25) is 0 Å². The number of rotatable bonds is 5. The summed E-state index contributed by atoms with van der Waals surface area (Å²) in [5.41, 5.74) is 2.26. The standard InChI is InChI=1S/C14H17N3O2S/c1-14(2)5-9(14)7-17-11-3-4-15-6-10(11)16-13(17)20-8-12(18)19/h3-4,6,9H,5,7-8H2,1-2H3,(H,18,19). The van der Waals surface area contributed by atoms with Gasteiger partial charge in [0.15, 0.2) is 5.16 Å². The lowest BCUT2D eigenvalue weighted by atomic mass is 10.1. The fourth-order valence-corrected chi connectivity index (χ4v) is 3.22. The van der Waals surface area contributed by atoms with Crippen LogP contribution in [0.5, 0.6) is 0 Å². The van der Waals surface area contributed by atoms with Crippen molar-refractivity contribution in [1.82, 2.24) is 14.5 Å². The minimum Gasteiger partial charge on any atom is -0.481 e. The van der Waals surface area contributed by atoms with Crippen molar-refractivity contribution >= 4 is 28.8 Å². The van der Waals surface area contributed by atoms with Crippen LogP contribution in [0.15, 0.2) is 23.6 Å². The van der Waals surface area contributed by atoms with Gasteiger partial charge in [-0.15, -0.1) is 0 Å². The molecule has 0 aromatic carbocycles. The van der Waals surface area contributed by atoms with Gasteiger partial charge in [-0.25, -0.2) is 4.98 Å². The average Bonchev–Trinajstić information content (AvgIpc) is 2.84. The van der Waals surface area contributed by atoms with Gasteiger partial charge in [0.05, 0.1) is 17.5 Å². The fraction of sp³-hybridized carbons (Fsp3) is 0.500. The van der Waals surface area contributed by atoms with E-state index in [4.69, 9.17) is 5.11 Å². The Bertz CT molecular complexity index is 665. The Morgan fingerprint density at radius 3 is 3.00 bits per heavy atom. The lowest BCUT2D eigenvalue weighted by molar-refractivity contribution is -0.133. The first-order valence-corrected chi connectivity index (χ1v) is 7.61. The zero-order valence-corrected chi connectivity index (χ0v) is 12.4. The number of thioether (sulfide) groups is 1. The van der Waals surface area contributed by atoms with Crippen LogP contribution >= 0.6 is 11.8 Å². The number of carboxylic acid groups (broad SMARTS) is 1. The average molecular weight is 291 g/mol. The van der Waals surface area contributed by atoms with E-state index >= 15 is 0 Å². The monoisotopic (exact) mass is 291 g/mol. The summed E-state index contributed by atoms with van der Waals surface area (Å²) < 4.78 is 2.14. The first-order chi connectivity index (χ1) is 9.47. The van der Waals surface area contributed by atoms with Crippen molar-refractivity contribution in [1.29, 1.82) is 0 Å². The van der Waals surface area contributed by atoms with Crippen molar-refractivity contribution in [3.05, 3.63) is 18.5 Å². The Kier molecular flexibility index (Phi) is 3.20. The number of carbonyl (C=O) groups is 1. The SMILES string of the molecule is CC1(C)CC1Cn1c(SCC(=O)O)nc2cnccc21. The summed E-state index contributed by atoms with van der Waals surface area (Å²) in [5, 5.41) is 9.62. The number of hydrogen-bond acceptors (Lipinski definition) is 4. The molecule has 1 atom stereocenters. The lowest BCUT2D eigenvalue weighted by Gasteiger charge is -2.09. The second-order valence-corrected chi connectivity index (χ2v) is 6.88. The molecule has 3 rings (SSSR count). The number of fused-ring (bicyclic) bond motifs is 1. The summed E-state index contributed by atoms with van der Waals surface area (Å²) in [6.45, 7) is 5.43. The second kappa shape index (κ2) is 4.77. The maximum Gasteiger partial charge on any atom is 0.313 e. The quantitative estimate of drug-likeness (QED) is 0.858. The van der Waals surface area contributed by atoms with E-state index in [1.54, 1.807) is 12.4 Å². The van der Waals surface area contributed by atoms with Gasteiger partial charge in [0, 0.05) is 12.7 Å². The first kappa shape index (κ1) is 13.4. The van der Waals surface area contributed by atoms with E-state index in [0.29, 0.717) is 11.3 Å². The fourth-order valence-electron chi connectivity index (χ4n) is 2.48. The highest BCUT2D eigenvalue weighted by Crippen LogP contribution is 2.53. The number of aliphatic carboxylic acids is 1. The van der Waals surface area contributed by atoms with E-state index in [1.165, 1.54) is 18.2 Å². The van der Waals surface area contributed by atoms with Gasteiger partial charge in [-0.2, -0.15) is 0 Å². The molecule has 0 bridgehead atoms. The third kappa shape index (κ3) is 2.52. The second-order valence-electron chi connectivity index (χ2n) is 5.94. The molecule has 106 valence electrons. The molecule has 0 amide bonds. The number of carboxylic acids is 1. The van der Waals surface area contributed by atoms with Crippen LogP contribution in [0.25, 0.3) is 11.0 Å². The van der Waals surface area contributed by atoms with E-state index in [2.05, 4.69) is 28.4 Å². The number of nitrogens with zero attached hydrogens (tertiary/aromatic N) is 3. The highest BCUT2D eigenvalue weighted by atomic mass is 32.2. The van der Waals surface area contributed by atoms with Crippen LogP contribution in [0, 0.1) is 11.3 Å². The van der Waals surface area contributed by atoms with Crippen molar-refractivity contribution in [2.75, 3.05) is 5.75 Å². The third-order valence-corrected chi connectivity index (χ3v) is 4.92. The minimum absolute atomic E-state index is 0.0325. The molecular formula is C14H17N3O2S. The number of imidazole rings is 1. The number of hydrogen-bond donors (Lipinski definition) is 1. The molecule has 6 heteroatoms. The van der Waals surface area contributed by atoms with Crippen molar-refractivity contribution < 1.29 is 9.90 Å². The van der Waals surface area contributed by atoms with Gasteiger partial charge in [-0.05, 0) is 23.8 Å². The zero-order valence-electron chi connectivity index (χ0n) is 11.5. The summed E-state index contributed by atoms with van der Waals surface area (Å²) in [6, 6.07) is 1.95. The zero-order chi connectivity index (χ0) is 14.3. The van der Waals surface area contributed by atoms with Gasteiger partial charge in [-0.3, -0.25) is 9.78 Å². The molecular weight excluding hydrogens is 274 g/mol. The molecule has 2 heterocycles. The van der Waals surface area contributed by atoms with Crippen LogP contribution in [-0.2, 0) is 11.3 Å². The molecule has 1 aliphatic rings. The summed E-state index contributed by atoms with van der Waals surface area (Å²) in [7, 11) is 0. The van der Waals surface area contributed by atoms with Gasteiger partial charge >= 0.3 is 5.97 Å². The molecule has 0 spiro atoms. The molecule has 20 heavy (non-hydrogen) atoms. The van der Waals surface area contributed by atoms with Crippen LogP contribution in [0.3, 0.4) is 0 Å². The molecule has 2 aromatic heterocycles. The van der Waals surface area contributed by atoms with Gasteiger partial charge in [-0.1, -0.05) is 25.6 Å². The first-order valence-electron chi connectivity index (χ1n) is 6.62. The van der Waals surface area contributed by atoms with Gasteiger partial charge in [0.25, 0.3) is 0 Å². The van der Waals surface area contributed by atoms with Crippen LogP contribution < -0.4 is 0 Å². The highest BCUT2D eigenvalue weighted by Gasteiger charge is 2.45. The molecule has 0 radical (unpaired) electrons. The van der Waals surface area contributed by atoms with Crippen LogP contribution in [0.4, 0.5) is 0 Å². The van der Waals surface area contributed by atoms with Crippen molar-refractivity contribution in [2.45, 2.75) is 32.0 Å². The molecule has 1 fully saturated rings. The van der Waals surface area contributed by atoms with Gasteiger partial charge in [0.2, 0.25) is 0 Å². The van der Waals surface area contributed by atoms with Gasteiger partial charge in [0.1, 0.15) is 5.52 Å². The smallest absolute Gasteiger partial charge is 0.313 e. The molecule has 2 aromatic rings. The minimum atomic E-state index is -0.821. The normalized spacial score (nSPS) is 20.2. The summed E-state index contributed by atoms with van der Waals surface area (Å²) >= 11 is 1.28. The Hall–Kier alpha value is -1.56. The molecule has 1 saturated carbocycles. The van der Waals surface area contributed by atoms with E-state index in [9.17, 15) is 4.79 Å². The Labute approximate surface area is 121 Å². The lowest BCUT2D eigenvalue weighted by Crippen LogP contribution is -2.07. The summed E-state index contributed by atoms with van der Waals surface area (Å²) in [5.74, 6) is -0.152.